The van der Waals surface area contributed by atoms with Gasteiger partial charge in [0, 0.05) is 12.4 Å². The standard InChI is InChI=1S/C10H14N4O5S/c1-10(20(18)19,7-14-5-4-12-13-14)8(9(16)17)11-3-2-6-15/h2-6,8,11H,7H2,1H3,(H,16,17)(H,18,19). The zero-order valence-electron chi connectivity index (χ0n) is 10.5. The van der Waals surface area contributed by atoms with E-state index in [9.17, 15) is 23.5 Å². The van der Waals surface area contributed by atoms with Crippen LogP contribution in [0.5, 0.6) is 0 Å². The molecule has 0 aliphatic heterocycles. The summed E-state index contributed by atoms with van der Waals surface area (Å²) in [6.07, 6.45) is 5.43. The number of hydrogen-bond acceptors (Lipinski definition) is 6. The lowest BCUT2D eigenvalue weighted by molar-refractivity contribution is -0.140. The molecule has 0 bridgehead atoms. The number of aromatic nitrogens is 3. The number of hydrogen-bond donors (Lipinski definition) is 3. The molecule has 0 aliphatic rings. The predicted molar refractivity (Wildman–Crippen MR) is 69.0 cm³/mol. The zero-order chi connectivity index (χ0) is 15.2. The van der Waals surface area contributed by atoms with Crippen molar-refractivity contribution in [2.45, 2.75) is 24.3 Å². The van der Waals surface area contributed by atoms with Crippen LogP contribution in [0.25, 0.3) is 0 Å². The van der Waals surface area contributed by atoms with Gasteiger partial charge in [-0.1, -0.05) is 5.21 Å². The average Bonchev–Trinajstić information content (AvgIpc) is 2.86. The van der Waals surface area contributed by atoms with Crippen LogP contribution in [0.1, 0.15) is 6.92 Å². The molecule has 9 nitrogen and oxygen atoms in total. The fraction of sp³-hybridized carbons (Fsp3) is 0.400. The molecule has 20 heavy (non-hydrogen) atoms. The predicted octanol–water partition coefficient (Wildman–Crippen LogP) is -0.986. The summed E-state index contributed by atoms with van der Waals surface area (Å²) in [6.45, 7) is 1.18. The van der Waals surface area contributed by atoms with Crippen LogP contribution >= 0.6 is 0 Å². The molecule has 1 heterocycles. The molecule has 0 radical (unpaired) electrons. The molecule has 3 atom stereocenters. The number of aldehydes is 1. The van der Waals surface area contributed by atoms with Crippen molar-refractivity contribution in [1.29, 1.82) is 0 Å². The number of nitrogens with one attached hydrogen (secondary N) is 1. The van der Waals surface area contributed by atoms with Crippen LogP contribution in [-0.4, -0.2) is 51.9 Å². The first-order valence-electron chi connectivity index (χ1n) is 5.46. The van der Waals surface area contributed by atoms with Gasteiger partial charge in [-0.15, -0.1) is 5.10 Å². The average molecular weight is 302 g/mol. The van der Waals surface area contributed by atoms with E-state index >= 15 is 0 Å². The van der Waals surface area contributed by atoms with Crippen LogP contribution in [-0.2, 0) is 27.2 Å². The van der Waals surface area contributed by atoms with Gasteiger partial charge >= 0.3 is 5.97 Å². The maximum absolute atomic E-state index is 11.6. The minimum absolute atomic E-state index is 0.144. The van der Waals surface area contributed by atoms with Crippen LogP contribution in [0.4, 0.5) is 0 Å². The van der Waals surface area contributed by atoms with E-state index in [1.54, 1.807) is 0 Å². The Kier molecular flexibility index (Phi) is 5.53. The van der Waals surface area contributed by atoms with Crippen molar-refractivity contribution < 1.29 is 23.5 Å². The molecule has 0 saturated heterocycles. The van der Waals surface area contributed by atoms with Crippen molar-refractivity contribution in [3.63, 3.8) is 0 Å². The fourth-order valence-electron chi connectivity index (χ4n) is 1.59. The van der Waals surface area contributed by atoms with Gasteiger partial charge in [-0.05, 0) is 13.0 Å². The maximum atomic E-state index is 11.6. The molecular weight excluding hydrogens is 288 g/mol. The van der Waals surface area contributed by atoms with Crippen molar-refractivity contribution in [3.8, 4) is 0 Å². The molecule has 0 aromatic carbocycles. The first-order valence-corrected chi connectivity index (χ1v) is 6.56. The van der Waals surface area contributed by atoms with E-state index in [1.165, 1.54) is 24.0 Å². The molecule has 10 heteroatoms. The Hall–Kier alpha value is -2.07. The molecule has 0 fully saturated rings. The Bertz CT molecular complexity index is 518. The third-order valence-electron chi connectivity index (χ3n) is 2.64. The van der Waals surface area contributed by atoms with Gasteiger partial charge in [-0.3, -0.25) is 9.48 Å². The van der Waals surface area contributed by atoms with Gasteiger partial charge < -0.3 is 15.0 Å². The Morgan fingerprint density at radius 2 is 2.35 bits per heavy atom. The highest BCUT2D eigenvalue weighted by Crippen LogP contribution is 2.21. The Morgan fingerprint density at radius 3 is 2.80 bits per heavy atom. The van der Waals surface area contributed by atoms with Crippen LogP contribution in [0, 0.1) is 0 Å². The lowest BCUT2D eigenvalue weighted by atomic mass is 10.0. The van der Waals surface area contributed by atoms with Crippen molar-refractivity contribution in [1.82, 2.24) is 20.3 Å². The number of carboxylic acids is 1. The summed E-state index contributed by atoms with van der Waals surface area (Å²) >= 11 is -2.46. The molecule has 1 rings (SSSR count). The van der Waals surface area contributed by atoms with Gasteiger partial charge in [0.1, 0.15) is 17.1 Å². The van der Waals surface area contributed by atoms with Gasteiger partial charge in [-0.25, -0.2) is 9.00 Å². The number of nitrogens with zero attached hydrogens (tertiary/aromatic N) is 3. The summed E-state index contributed by atoms with van der Waals surface area (Å²) in [5.74, 6) is -1.33. The summed E-state index contributed by atoms with van der Waals surface area (Å²) in [6, 6.07) is -1.39. The van der Waals surface area contributed by atoms with E-state index in [4.69, 9.17) is 0 Å². The van der Waals surface area contributed by atoms with Gasteiger partial charge in [0.25, 0.3) is 0 Å². The quantitative estimate of drug-likeness (QED) is 0.317. The molecule has 0 amide bonds. The molecule has 0 saturated carbocycles. The monoisotopic (exact) mass is 302 g/mol. The lowest BCUT2D eigenvalue weighted by Gasteiger charge is -2.31. The number of carbonyl (C=O) groups is 2. The topological polar surface area (TPSA) is 134 Å². The largest absolute Gasteiger partial charge is 0.480 e. The third-order valence-corrected chi connectivity index (χ3v) is 3.80. The Morgan fingerprint density at radius 1 is 1.65 bits per heavy atom. The van der Waals surface area contributed by atoms with Crippen molar-refractivity contribution in [3.05, 3.63) is 24.7 Å². The SMILES string of the molecule is CC(Cn1ccnn1)(C(NC=CC=O)C(=O)O)S(=O)O. The van der Waals surface area contributed by atoms with Crippen LogP contribution < -0.4 is 5.32 Å². The number of carbonyl (C=O) groups excluding carboxylic acids is 1. The van der Waals surface area contributed by atoms with Crippen LogP contribution in [0.15, 0.2) is 24.7 Å². The first-order chi connectivity index (χ1) is 9.41. The summed E-state index contributed by atoms with van der Waals surface area (Å²) < 4.78 is 20.7. The number of carboxylic acid groups (broad SMARTS) is 1. The van der Waals surface area contributed by atoms with E-state index < -0.39 is 27.8 Å². The molecular formula is C10H14N4O5S. The van der Waals surface area contributed by atoms with E-state index in [-0.39, 0.29) is 6.54 Å². The van der Waals surface area contributed by atoms with Crippen molar-refractivity contribution in [2.24, 2.45) is 0 Å². The summed E-state index contributed by atoms with van der Waals surface area (Å²) in [4.78, 5) is 21.5. The molecule has 1 aromatic heterocycles. The van der Waals surface area contributed by atoms with Crippen LogP contribution in [0.3, 0.4) is 0 Å². The van der Waals surface area contributed by atoms with Crippen molar-refractivity contribution in [2.75, 3.05) is 0 Å². The molecule has 110 valence electrons. The highest BCUT2D eigenvalue weighted by atomic mass is 32.2. The molecule has 3 unspecified atom stereocenters. The smallest absolute Gasteiger partial charge is 0.327 e. The fourth-order valence-corrected chi connectivity index (χ4v) is 2.20. The first kappa shape index (κ1) is 16.0. The Labute approximate surface area is 117 Å². The molecule has 0 spiro atoms. The van der Waals surface area contributed by atoms with Crippen molar-refractivity contribution >= 4 is 23.3 Å². The third kappa shape index (κ3) is 3.71. The highest BCUT2D eigenvalue weighted by molar-refractivity contribution is 7.80. The van der Waals surface area contributed by atoms with E-state index in [2.05, 4.69) is 15.6 Å². The summed E-state index contributed by atoms with van der Waals surface area (Å²) in [5, 5.41) is 18.8. The zero-order valence-corrected chi connectivity index (χ0v) is 11.4. The number of aliphatic carboxylic acids is 1. The normalized spacial score (nSPS) is 17.3. The summed E-state index contributed by atoms with van der Waals surface area (Å²) in [7, 11) is 0. The summed E-state index contributed by atoms with van der Waals surface area (Å²) in [5.41, 5.74) is 0. The van der Waals surface area contributed by atoms with Gasteiger partial charge in [0.05, 0.1) is 12.7 Å². The minimum atomic E-state index is -2.46. The van der Waals surface area contributed by atoms with Gasteiger partial charge in [0.2, 0.25) is 0 Å². The van der Waals surface area contributed by atoms with E-state index in [0.717, 1.165) is 12.3 Å². The number of allylic oxidation sites excluding steroid dienone is 1. The second-order valence-electron chi connectivity index (χ2n) is 4.10. The van der Waals surface area contributed by atoms with Gasteiger partial charge in [-0.2, -0.15) is 0 Å². The van der Waals surface area contributed by atoms with Crippen LogP contribution in [0.2, 0.25) is 0 Å². The van der Waals surface area contributed by atoms with E-state index in [1.807, 2.05) is 0 Å². The molecule has 0 aliphatic carbocycles. The minimum Gasteiger partial charge on any atom is -0.480 e. The maximum Gasteiger partial charge on any atom is 0.327 e. The van der Waals surface area contributed by atoms with E-state index in [0.29, 0.717) is 6.29 Å². The lowest BCUT2D eigenvalue weighted by Crippen LogP contribution is -2.56. The second-order valence-corrected chi connectivity index (χ2v) is 5.53. The second kappa shape index (κ2) is 6.91. The van der Waals surface area contributed by atoms with Gasteiger partial charge in [0.15, 0.2) is 11.1 Å². The molecule has 1 aromatic rings. The molecule has 3 N–H and O–H groups in total. The highest BCUT2D eigenvalue weighted by Gasteiger charge is 2.45. The number of rotatable bonds is 8. The Balaban J connectivity index is 3.05.